The highest BCUT2D eigenvalue weighted by Gasteiger charge is 2.19. The van der Waals surface area contributed by atoms with Crippen LogP contribution in [0.1, 0.15) is 20.7 Å². The minimum Gasteiger partial charge on any atom is -0.480 e. The molecule has 1 heterocycles. The Morgan fingerprint density at radius 1 is 1.00 bits per heavy atom. The zero-order chi connectivity index (χ0) is 23.1. The van der Waals surface area contributed by atoms with Gasteiger partial charge in [0.05, 0.1) is 0 Å². The van der Waals surface area contributed by atoms with E-state index in [1.54, 1.807) is 12.1 Å². The van der Waals surface area contributed by atoms with Crippen molar-refractivity contribution in [3.05, 3.63) is 65.7 Å². The number of thiocarbonyl (C=S) groups is 1. The second-order valence-corrected chi connectivity index (χ2v) is 6.82. The van der Waals surface area contributed by atoms with Gasteiger partial charge in [-0.05, 0) is 48.6 Å². The first-order chi connectivity index (χ1) is 15.3. The fourth-order valence-corrected chi connectivity index (χ4v) is 2.88. The third kappa shape index (κ3) is 5.79. The molecule has 0 atom stereocenters. The number of hydrogen-bond acceptors (Lipinski definition) is 6. The molecule has 0 aliphatic carbocycles. The maximum atomic E-state index is 12.0. The maximum Gasteiger partial charge on any atom is 0.322 e. The van der Waals surface area contributed by atoms with Gasteiger partial charge < -0.3 is 32.1 Å². The Hall–Kier alpha value is -4.45. The van der Waals surface area contributed by atoms with Gasteiger partial charge in [0.25, 0.3) is 11.8 Å². The maximum absolute atomic E-state index is 12.0. The van der Waals surface area contributed by atoms with Crippen LogP contribution in [-0.2, 0) is 4.79 Å². The number of carboxylic acids is 1. The standard InChI is InChI=1S/C20H19N7O4S/c21-16(30)15-17(23-12-4-2-1-3-5-12)26-27-18(15)25-20(32)24-13-8-6-11(7-9-13)19(31)22-10-14(28)29/h1-9H,10H2,(H2,21,30)(H,22,31)(H,28,29)(H4,23,24,25,26,27,32). The number of aromatic amines is 1. The molecule has 32 heavy (non-hydrogen) atoms. The summed E-state index contributed by atoms with van der Waals surface area (Å²) in [5.74, 6) is -1.91. The molecular weight excluding hydrogens is 434 g/mol. The van der Waals surface area contributed by atoms with Gasteiger partial charge in [-0.25, -0.2) is 0 Å². The minimum absolute atomic E-state index is 0.100. The van der Waals surface area contributed by atoms with Gasteiger partial charge in [-0.2, -0.15) is 5.10 Å². The Morgan fingerprint density at radius 3 is 2.31 bits per heavy atom. The predicted octanol–water partition coefficient (Wildman–Crippen LogP) is 1.88. The number of rotatable bonds is 8. The monoisotopic (exact) mass is 453 g/mol. The molecule has 0 saturated heterocycles. The third-order valence-corrected chi connectivity index (χ3v) is 4.30. The summed E-state index contributed by atoms with van der Waals surface area (Å²) >= 11 is 5.26. The highest BCUT2D eigenvalue weighted by molar-refractivity contribution is 7.80. The average molecular weight is 453 g/mol. The number of aromatic nitrogens is 2. The van der Waals surface area contributed by atoms with Gasteiger partial charge in [-0.3, -0.25) is 19.5 Å². The molecule has 0 spiro atoms. The first-order valence-corrected chi connectivity index (χ1v) is 9.62. The third-order valence-electron chi connectivity index (χ3n) is 4.09. The van der Waals surface area contributed by atoms with Crippen LogP contribution in [-0.4, -0.2) is 44.7 Å². The highest BCUT2D eigenvalue weighted by atomic mass is 32.1. The minimum atomic E-state index is -1.14. The summed E-state index contributed by atoms with van der Waals surface area (Å²) in [7, 11) is 0. The van der Waals surface area contributed by atoms with Crippen LogP contribution in [0.5, 0.6) is 0 Å². The second-order valence-electron chi connectivity index (χ2n) is 6.41. The molecule has 0 saturated carbocycles. The molecule has 0 radical (unpaired) electrons. The number of carbonyl (C=O) groups is 3. The van der Waals surface area contributed by atoms with E-state index in [1.165, 1.54) is 12.1 Å². The van der Waals surface area contributed by atoms with Gasteiger partial charge in [0.1, 0.15) is 17.9 Å². The largest absolute Gasteiger partial charge is 0.480 e. The number of nitrogens with two attached hydrogens (primary N) is 1. The zero-order valence-electron chi connectivity index (χ0n) is 16.5. The Morgan fingerprint density at radius 2 is 1.69 bits per heavy atom. The SMILES string of the molecule is NC(=O)c1c(NC(=S)Nc2ccc(C(=O)NCC(=O)O)cc2)n[nH]c1Nc1ccccc1. The van der Waals surface area contributed by atoms with Gasteiger partial charge in [0.2, 0.25) is 0 Å². The summed E-state index contributed by atoms with van der Waals surface area (Å²) in [6.45, 7) is -0.472. The first kappa shape index (κ1) is 22.2. The lowest BCUT2D eigenvalue weighted by Crippen LogP contribution is -2.29. The number of carboxylic acid groups (broad SMARTS) is 1. The van der Waals surface area contributed by atoms with Crippen molar-refractivity contribution < 1.29 is 19.5 Å². The number of carbonyl (C=O) groups excluding carboxylic acids is 2. The van der Waals surface area contributed by atoms with Crippen molar-refractivity contribution in [1.29, 1.82) is 0 Å². The normalized spacial score (nSPS) is 10.1. The number of amides is 2. The van der Waals surface area contributed by atoms with E-state index in [0.717, 1.165) is 5.69 Å². The van der Waals surface area contributed by atoms with E-state index in [1.807, 2.05) is 30.3 Å². The van der Waals surface area contributed by atoms with Crippen LogP contribution in [0.4, 0.5) is 23.0 Å². The van der Waals surface area contributed by atoms with E-state index in [4.69, 9.17) is 23.1 Å². The van der Waals surface area contributed by atoms with Crippen LogP contribution < -0.4 is 27.0 Å². The van der Waals surface area contributed by atoms with Crippen LogP contribution in [0.3, 0.4) is 0 Å². The summed E-state index contributed by atoms with van der Waals surface area (Å²) in [4.78, 5) is 34.4. The first-order valence-electron chi connectivity index (χ1n) is 9.22. The summed E-state index contributed by atoms with van der Waals surface area (Å²) in [5, 5.41) is 26.5. The van der Waals surface area contributed by atoms with Gasteiger partial charge >= 0.3 is 5.97 Å². The molecule has 0 aliphatic heterocycles. The average Bonchev–Trinajstić information content (AvgIpc) is 3.15. The molecule has 11 nitrogen and oxygen atoms in total. The van der Waals surface area contributed by atoms with E-state index in [9.17, 15) is 14.4 Å². The lowest BCUT2D eigenvalue weighted by atomic mass is 10.2. The van der Waals surface area contributed by atoms with Crippen LogP contribution in [0, 0.1) is 0 Å². The fraction of sp³-hybridized carbons (Fsp3) is 0.0500. The van der Waals surface area contributed by atoms with Crippen molar-refractivity contribution in [2.24, 2.45) is 5.73 Å². The molecule has 0 aliphatic rings. The van der Waals surface area contributed by atoms with Gasteiger partial charge in [0.15, 0.2) is 10.9 Å². The lowest BCUT2D eigenvalue weighted by molar-refractivity contribution is -0.135. The Balaban J connectivity index is 1.65. The number of primary amides is 1. The van der Waals surface area contributed by atoms with Crippen LogP contribution >= 0.6 is 12.2 Å². The van der Waals surface area contributed by atoms with Crippen LogP contribution in [0.15, 0.2) is 54.6 Å². The van der Waals surface area contributed by atoms with Crippen LogP contribution in [0.25, 0.3) is 0 Å². The summed E-state index contributed by atoms with van der Waals surface area (Å²) in [6, 6.07) is 15.4. The molecule has 2 aromatic carbocycles. The number of nitrogens with one attached hydrogen (secondary N) is 5. The fourth-order valence-electron chi connectivity index (χ4n) is 2.66. The molecule has 0 bridgehead atoms. The van der Waals surface area contributed by atoms with Crippen molar-refractivity contribution >= 4 is 58.1 Å². The van der Waals surface area contributed by atoms with Gasteiger partial charge in [0, 0.05) is 16.9 Å². The molecule has 8 N–H and O–H groups in total. The van der Waals surface area contributed by atoms with Gasteiger partial charge in [-0.15, -0.1) is 0 Å². The smallest absolute Gasteiger partial charge is 0.322 e. The zero-order valence-corrected chi connectivity index (χ0v) is 17.3. The molecule has 164 valence electrons. The Kier molecular flexibility index (Phi) is 6.98. The number of aliphatic carboxylic acids is 1. The predicted molar refractivity (Wildman–Crippen MR) is 123 cm³/mol. The molecule has 0 fully saturated rings. The molecule has 12 heteroatoms. The molecule has 3 aromatic rings. The number of H-pyrrole nitrogens is 1. The van der Waals surface area contributed by atoms with Crippen LogP contribution in [0.2, 0.25) is 0 Å². The van der Waals surface area contributed by atoms with Crippen molar-refractivity contribution in [2.45, 2.75) is 0 Å². The number of anilines is 4. The van der Waals surface area contributed by atoms with E-state index < -0.39 is 24.3 Å². The summed E-state index contributed by atoms with van der Waals surface area (Å²) in [5.41, 5.74) is 7.19. The Bertz CT molecular complexity index is 1150. The number of nitrogens with zero attached hydrogens (tertiary/aromatic N) is 1. The quantitative estimate of drug-likeness (QED) is 0.251. The summed E-state index contributed by atoms with van der Waals surface area (Å²) in [6.07, 6.45) is 0. The van der Waals surface area contributed by atoms with Gasteiger partial charge in [-0.1, -0.05) is 18.2 Å². The summed E-state index contributed by atoms with van der Waals surface area (Å²) < 4.78 is 0. The molecule has 3 rings (SSSR count). The molecule has 1 aromatic heterocycles. The van der Waals surface area contributed by atoms with Crippen molar-refractivity contribution in [3.63, 3.8) is 0 Å². The van der Waals surface area contributed by atoms with Crippen molar-refractivity contribution in [3.8, 4) is 0 Å². The van der Waals surface area contributed by atoms with E-state index >= 15 is 0 Å². The molecule has 2 amide bonds. The molecular formula is C20H19N7O4S. The van der Waals surface area contributed by atoms with E-state index in [0.29, 0.717) is 11.5 Å². The highest BCUT2D eigenvalue weighted by Crippen LogP contribution is 2.24. The van der Waals surface area contributed by atoms with E-state index in [-0.39, 0.29) is 22.1 Å². The number of hydrogen-bond donors (Lipinski definition) is 7. The molecule has 0 unspecified atom stereocenters. The number of para-hydroxylation sites is 1. The topological polar surface area (TPSA) is 174 Å². The lowest BCUT2D eigenvalue weighted by Gasteiger charge is -2.11. The van der Waals surface area contributed by atoms with Crippen molar-refractivity contribution in [2.75, 3.05) is 22.5 Å². The van der Waals surface area contributed by atoms with Crippen molar-refractivity contribution in [1.82, 2.24) is 15.5 Å². The number of benzene rings is 2. The Labute approximate surface area is 187 Å². The second kappa shape index (κ2) is 10.0. The van der Waals surface area contributed by atoms with E-state index in [2.05, 4.69) is 31.5 Å².